The average molecular weight is 607 g/mol. The smallest absolute Gasteiger partial charge is 0.273 e. The highest BCUT2D eigenvalue weighted by molar-refractivity contribution is 14.1. The first-order chi connectivity index (χ1) is 13.1. The van der Waals surface area contributed by atoms with Crippen molar-refractivity contribution in [1.29, 1.82) is 0 Å². The van der Waals surface area contributed by atoms with Gasteiger partial charge < -0.3 is 0 Å². The fraction of sp³-hybridized carbons (Fsp3) is 0.700. The van der Waals surface area contributed by atoms with E-state index in [1.807, 2.05) is 35.1 Å². The Hall–Kier alpha value is -1.03. The number of aromatic amines is 1. The van der Waals surface area contributed by atoms with Crippen molar-refractivity contribution in [2.24, 2.45) is 7.05 Å². The van der Waals surface area contributed by atoms with Gasteiger partial charge in [-0.2, -0.15) is 52.3 Å². The maximum atomic E-state index is 12.8. The van der Waals surface area contributed by atoms with Crippen molar-refractivity contribution in [2.75, 3.05) is 0 Å². The molecule has 0 amide bonds. The Morgan fingerprint density at radius 1 is 1.00 bits per heavy atom. The van der Waals surface area contributed by atoms with Crippen LogP contribution in [0.2, 0.25) is 0 Å². The zero-order valence-corrected chi connectivity index (χ0v) is 16.7. The van der Waals surface area contributed by atoms with Crippen molar-refractivity contribution in [3.05, 3.63) is 18.7 Å². The molecule has 0 radical (unpaired) electrons. The monoisotopic (exact) mass is 607 g/mol. The Bertz CT molecular complexity index is 783. The van der Waals surface area contributed by atoms with Crippen LogP contribution in [0.3, 0.4) is 0 Å². The van der Waals surface area contributed by atoms with Crippen LogP contribution in [-0.4, -0.2) is 46.9 Å². The standard InChI is InChI=1S/C6HF12IO4S.C4H6N2/c7-1(2(8,9)24(20,21)23-18)22-6(16,17)4(12,13)3(10,11)5(14,15)19;1-6-3-2-5-4-6/h1H;2-4H,1H3/p+1. The first-order valence-corrected chi connectivity index (χ1v) is 9.00. The van der Waals surface area contributed by atoms with Gasteiger partial charge in [0.2, 0.25) is 6.33 Å². The minimum atomic E-state index is -7.30. The third-order valence-electron chi connectivity index (χ3n) is 2.73. The molecule has 1 unspecified atom stereocenters. The molecule has 0 aliphatic heterocycles. The fourth-order valence-corrected chi connectivity index (χ4v) is 1.85. The van der Waals surface area contributed by atoms with Crippen LogP contribution in [0.15, 0.2) is 18.7 Å². The van der Waals surface area contributed by atoms with E-state index >= 15 is 0 Å². The molecule has 1 rings (SSSR count). The number of aryl methyl sites for hydroxylation is 1. The second-order valence-electron chi connectivity index (χ2n) is 4.95. The Morgan fingerprint density at radius 3 is 1.73 bits per heavy atom. The molecular formula is C10H8F12IN2O4S+. The average Bonchev–Trinajstić information content (AvgIpc) is 3.04. The largest absolute Gasteiger partial charge is 0.428 e. The summed E-state index contributed by atoms with van der Waals surface area (Å²) in [7, 11) is -5.03. The van der Waals surface area contributed by atoms with Crippen molar-refractivity contribution < 1.29 is 74.9 Å². The molecule has 0 fully saturated rings. The highest BCUT2D eigenvalue weighted by Gasteiger charge is 2.82. The van der Waals surface area contributed by atoms with E-state index in [9.17, 15) is 61.2 Å². The molecule has 6 nitrogen and oxygen atoms in total. The third kappa shape index (κ3) is 5.81. The van der Waals surface area contributed by atoms with Gasteiger partial charge in [0.15, 0.2) is 0 Å². The van der Waals surface area contributed by atoms with Crippen LogP contribution in [0, 0.1) is 0 Å². The van der Waals surface area contributed by atoms with Gasteiger partial charge in [-0.15, -0.1) is 0 Å². The molecule has 20 heteroatoms. The molecular weight excluding hydrogens is 599 g/mol. The van der Waals surface area contributed by atoms with Gasteiger partial charge in [-0.05, 0) is 4.53 Å². The van der Waals surface area contributed by atoms with Crippen LogP contribution in [-0.2, 0) is 26.3 Å². The van der Waals surface area contributed by atoms with Gasteiger partial charge in [-0.25, -0.2) is 8.96 Å². The summed E-state index contributed by atoms with van der Waals surface area (Å²) >= 11 is -0.706. The number of imidazole rings is 1. The summed E-state index contributed by atoms with van der Waals surface area (Å²) in [5.41, 5.74) is 0. The van der Waals surface area contributed by atoms with E-state index in [0.717, 1.165) is 0 Å². The van der Waals surface area contributed by atoms with Crippen molar-refractivity contribution in [3.8, 4) is 0 Å². The predicted molar refractivity (Wildman–Crippen MR) is 77.8 cm³/mol. The van der Waals surface area contributed by atoms with E-state index in [1.165, 1.54) is 0 Å². The molecule has 0 bridgehead atoms. The van der Waals surface area contributed by atoms with Crippen molar-refractivity contribution in [1.82, 2.24) is 4.98 Å². The first kappa shape index (κ1) is 29.0. The van der Waals surface area contributed by atoms with Crippen molar-refractivity contribution >= 4 is 32.7 Å². The number of H-pyrrole nitrogens is 1. The van der Waals surface area contributed by atoms with Crippen LogP contribution in [0.5, 0.6) is 0 Å². The fourth-order valence-electron chi connectivity index (χ4n) is 1.15. The van der Waals surface area contributed by atoms with Gasteiger partial charge in [-0.3, -0.25) is 9.72 Å². The maximum Gasteiger partial charge on any atom is 0.428 e. The van der Waals surface area contributed by atoms with Gasteiger partial charge in [0.1, 0.15) is 12.4 Å². The molecule has 30 heavy (non-hydrogen) atoms. The number of hydrogen-bond acceptors (Lipinski definition) is 4. The van der Waals surface area contributed by atoms with E-state index in [4.69, 9.17) is 0 Å². The highest BCUT2D eigenvalue weighted by atomic mass is 127. The quantitative estimate of drug-likeness (QED) is 0.211. The molecule has 1 N–H and O–H groups in total. The van der Waals surface area contributed by atoms with Gasteiger partial charge >= 0.3 is 37.3 Å². The zero-order valence-electron chi connectivity index (χ0n) is 13.7. The predicted octanol–water partition coefficient (Wildman–Crippen LogP) is 3.85. The van der Waals surface area contributed by atoms with Crippen LogP contribution >= 0.6 is 22.6 Å². The number of alkyl halides is 12. The summed E-state index contributed by atoms with van der Waals surface area (Å²) in [4.78, 5) is 2.89. The topological polar surface area (TPSA) is 72.3 Å². The van der Waals surface area contributed by atoms with Gasteiger partial charge in [0, 0.05) is 22.6 Å². The van der Waals surface area contributed by atoms with Crippen molar-refractivity contribution in [2.45, 2.75) is 33.5 Å². The van der Waals surface area contributed by atoms with Crippen molar-refractivity contribution in [3.63, 3.8) is 0 Å². The van der Waals surface area contributed by atoms with Crippen LogP contribution in [0.25, 0.3) is 0 Å². The summed E-state index contributed by atoms with van der Waals surface area (Å²) in [6.07, 6.45) is -6.79. The molecule has 1 heterocycles. The molecule has 0 aliphatic carbocycles. The number of rotatable bonds is 8. The lowest BCUT2D eigenvalue weighted by molar-refractivity contribution is -0.670. The molecule has 1 aromatic heterocycles. The minimum absolute atomic E-state index is 0.706. The summed E-state index contributed by atoms with van der Waals surface area (Å²) in [6, 6.07) is 0. The zero-order chi connectivity index (χ0) is 24.4. The Balaban J connectivity index is 0.00000118. The van der Waals surface area contributed by atoms with E-state index in [-0.39, 0.29) is 0 Å². The third-order valence-corrected chi connectivity index (χ3v) is 4.43. The summed E-state index contributed by atoms with van der Waals surface area (Å²) in [5, 5.41) is -6.43. The SMILES string of the molecule is C[n+]1cc[nH]c1.O=S(=O)(OF)C(F)(F)C(F)OC(F)(F)C(F)(F)C(F)(F)C(F)(F)I. The summed E-state index contributed by atoms with van der Waals surface area (Å²) in [5.74, 6) is -14.3. The van der Waals surface area contributed by atoms with Gasteiger partial charge in [0.25, 0.3) is 6.36 Å². The number of hydrogen-bond donors (Lipinski definition) is 1. The summed E-state index contributed by atoms with van der Waals surface area (Å²) < 4.78 is 170. The molecule has 1 atom stereocenters. The molecule has 0 aromatic carbocycles. The lowest BCUT2D eigenvalue weighted by atomic mass is 10.1. The molecule has 178 valence electrons. The Labute approximate surface area is 172 Å². The lowest BCUT2D eigenvalue weighted by Crippen LogP contribution is -2.62. The van der Waals surface area contributed by atoms with E-state index in [0.29, 0.717) is 0 Å². The number of nitrogens with zero attached hydrogens (tertiary/aromatic N) is 1. The van der Waals surface area contributed by atoms with E-state index < -0.39 is 66.2 Å². The highest BCUT2D eigenvalue weighted by Crippen LogP contribution is 2.55. The van der Waals surface area contributed by atoms with Crippen LogP contribution in [0.1, 0.15) is 0 Å². The second-order valence-corrected chi connectivity index (χ2v) is 7.89. The molecule has 0 saturated heterocycles. The number of aromatic nitrogens is 2. The van der Waals surface area contributed by atoms with Gasteiger partial charge in [-0.1, -0.05) is 4.39 Å². The Kier molecular flexibility index (Phi) is 8.91. The summed E-state index contributed by atoms with van der Waals surface area (Å²) in [6.45, 7) is 0. The molecule has 0 saturated carbocycles. The minimum Gasteiger partial charge on any atom is -0.273 e. The van der Waals surface area contributed by atoms with E-state index in [2.05, 4.69) is 4.98 Å². The van der Waals surface area contributed by atoms with E-state index in [1.54, 1.807) is 4.39 Å². The maximum absolute atomic E-state index is 12.8. The molecule has 0 spiro atoms. The molecule has 0 aliphatic rings. The Morgan fingerprint density at radius 2 is 1.47 bits per heavy atom. The normalized spacial score (nSPS) is 15.4. The lowest BCUT2D eigenvalue weighted by Gasteiger charge is -2.35. The van der Waals surface area contributed by atoms with Gasteiger partial charge in [0.05, 0.1) is 7.05 Å². The number of halogens is 13. The number of nitrogens with one attached hydrogen (secondary N) is 1. The van der Waals surface area contributed by atoms with Crippen LogP contribution < -0.4 is 4.57 Å². The number of ether oxygens (including phenoxy) is 1. The van der Waals surface area contributed by atoms with Crippen LogP contribution in [0.4, 0.5) is 52.8 Å². The second kappa shape index (κ2) is 9.22. The molecule has 1 aromatic rings. The first-order valence-electron chi connectivity index (χ1n) is 6.51.